The number of hydrogen-bond donors (Lipinski definition) is 1. The maximum atomic E-state index is 5.32. The number of pyridine rings is 1. The van der Waals surface area contributed by atoms with Gasteiger partial charge in [0.25, 0.3) is 0 Å². The highest BCUT2D eigenvalue weighted by Gasteiger charge is 2.16. The second-order valence-electron chi connectivity index (χ2n) is 6.21. The zero-order chi connectivity index (χ0) is 17.8. The van der Waals surface area contributed by atoms with Gasteiger partial charge in [0.1, 0.15) is 17.3 Å². The van der Waals surface area contributed by atoms with E-state index in [4.69, 9.17) is 9.51 Å². The molecule has 25 heavy (non-hydrogen) atoms. The first-order chi connectivity index (χ1) is 12.0. The van der Waals surface area contributed by atoms with Crippen molar-refractivity contribution in [1.29, 1.82) is 0 Å². The lowest BCUT2D eigenvalue weighted by Gasteiger charge is -2.11. The smallest absolute Gasteiger partial charge is 0.141 e. The molecule has 2 aromatic heterocycles. The van der Waals surface area contributed by atoms with Crippen LogP contribution < -0.4 is 5.32 Å². The Morgan fingerprint density at radius 2 is 1.76 bits per heavy atom. The van der Waals surface area contributed by atoms with Crippen molar-refractivity contribution in [2.45, 2.75) is 33.7 Å². The van der Waals surface area contributed by atoms with E-state index in [9.17, 15) is 0 Å². The Balaban J connectivity index is 2.11. The number of rotatable bonds is 3. The minimum Gasteiger partial charge on any atom is -0.368 e. The SMILES string of the molecule is Cc1noc(C)c1-c1ccc(NC(C)C)nc1C#Cc1ccccc1. The Kier molecular flexibility index (Phi) is 4.85. The quantitative estimate of drug-likeness (QED) is 0.714. The van der Waals surface area contributed by atoms with Gasteiger partial charge in [-0.2, -0.15) is 0 Å². The summed E-state index contributed by atoms with van der Waals surface area (Å²) >= 11 is 0. The van der Waals surface area contributed by atoms with E-state index in [0.717, 1.165) is 34.0 Å². The molecule has 3 aromatic rings. The summed E-state index contributed by atoms with van der Waals surface area (Å²) < 4.78 is 5.32. The lowest BCUT2D eigenvalue weighted by Crippen LogP contribution is -2.11. The molecule has 3 rings (SSSR count). The summed E-state index contributed by atoms with van der Waals surface area (Å²) in [6.07, 6.45) is 0. The molecule has 0 aliphatic carbocycles. The molecule has 4 heteroatoms. The lowest BCUT2D eigenvalue weighted by molar-refractivity contribution is 0.393. The molecule has 0 bridgehead atoms. The molecule has 0 saturated heterocycles. The first-order valence-corrected chi connectivity index (χ1v) is 8.32. The summed E-state index contributed by atoms with van der Waals surface area (Å²) in [6.45, 7) is 8.00. The number of benzene rings is 1. The molecule has 0 aliphatic heterocycles. The Hall–Kier alpha value is -3.06. The van der Waals surface area contributed by atoms with E-state index in [1.54, 1.807) is 0 Å². The molecule has 0 fully saturated rings. The van der Waals surface area contributed by atoms with Gasteiger partial charge in [-0.3, -0.25) is 0 Å². The zero-order valence-corrected chi connectivity index (χ0v) is 14.9. The predicted octanol–water partition coefficient (Wildman–Crippen LogP) is 4.57. The Labute approximate surface area is 148 Å². The van der Waals surface area contributed by atoms with Gasteiger partial charge < -0.3 is 9.84 Å². The topological polar surface area (TPSA) is 51.0 Å². The molecular weight excluding hydrogens is 310 g/mol. The van der Waals surface area contributed by atoms with Gasteiger partial charge in [0.15, 0.2) is 0 Å². The standard InChI is InChI=1S/C21H21N3O/c1-14(2)22-20-13-11-18(21-15(3)24-25-16(21)4)19(23-20)12-10-17-8-6-5-7-9-17/h5-9,11,13-14H,1-4H3,(H,22,23). The van der Waals surface area contributed by atoms with Crippen LogP contribution in [-0.2, 0) is 0 Å². The van der Waals surface area contributed by atoms with Gasteiger partial charge in [0.05, 0.1) is 11.3 Å². The molecule has 4 nitrogen and oxygen atoms in total. The molecule has 0 saturated carbocycles. The molecule has 0 radical (unpaired) electrons. The summed E-state index contributed by atoms with van der Waals surface area (Å²) in [4.78, 5) is 4.71. The summed E-state index contributed by atoms with van der Waals surface area (Å²) in [5.41, 5.74) is 4.40. The Morgan fingerprint density at radius 3 is 2.40 bits per heavy atom. The highest BCUT2D eigenvalue weighted by Crippen LogP contribution is 2.29. The van der Waals surface area contributed by atoms with Gasteiger partial charge in [-0.05, 0) is 57.9 Å². The molecule has 2 heterocycles. The fraction of sp³-hybridized carbons (Fsp3) is 0.238. The van der Waals surface area contributed by atoms with Gasteiger partial charge >= 0.3 is 0 Å². The molecule has 0 unspecified atom stereocenters. The van der Waals surface area contributed by atoms with E-state index < -0.39 is 0 Å². The second kappa shape index (κ2) is 7.23. The minimum absolute atomic E-state index is 0.298. The third-order valence-corrected chi connectivity index (χ3v) is 3.73. The largest absolute Gasteiger partial charge is 0.368 e. The molecule has 0 spiro atoms. The number of nitrogens with one attached hydrogen (secondary N) is 1. The zero-order valence-electron chi connectivity index (χ0n) is 14.9. The third-order valence-electron chi connectivity index (χ3n) is 3.73. The lowest BCUT2D eigenvalue weighted by atomic mass is 10.0. The van der Waals surface area contributed by atoms with Crippen LogP contribution in [0.25, 0.3) is 11.1 Å². The van der Waals surface area contributed by atoms with Crippen molar-refractivity contribution in [3.63, 3.8) is 0 Å². The van der Waals surface area contributed by atoms with E-state index >= 15 is 0 Å². The molecule has 1 aromatic carbocycles. The normalized spacial score (nSPS) is 10.4. The number of hydrogen-bond acceptors (Lipinski definition) is 4. The summed E-state index contributed by atoms with van der Waals surface area (Å²) in [5.74, 6) is 7.99. The van der Waals surface area contributed by atoms with Crippen LogP contribution in [0.3, 0.4) is 0 Å². The maximum Gasteiger partial charge on any atom is 0.141 e. The summed E-state index contributed by atoms with van der Waals surface area (Å²) in [5, 5.41) is 7.38. The molecule has 0 atom stereocenters. The third kappa shape index (κ3) is 3.89. The average molecular weight is 331 g/mol. The van der Waals surface area contributed by atoms with E-state index in [1.807, 2.05) is 56.3 Å². The van der Waals surface area contributed by atoms with Gasteiger partial charge in [0.2, 0.25) is 0 Å². The van der Waals surface area contributed by atoms with Crippen LogP contribution in [0.5, 0.6) is 0 Å². The van der Waals surface area contributed by atoms with Crippen molar-refractivity contribution in [2.24, 2.45) is 0 Å². The second-order valence-corrected chi connectivity index (χ2v) is 6.21. The monoisotopic (exact) mass is 331 g/mol. The first-order valence-electron chi connectivity index (χ1n) is 8.32. The van der Waals surface area contributed by atoms with Crippen LogP contribution in [0.4, 0.5) is 5.82 Å². The van der Waals surface area contributed by atoms with Crippen LogP contribution in [0.15, 0.2) is 47.0 Å². The molecule has 0 aliphatic rings. The van der Waals surface area contributed by atoms with Crippen LogP contribution in [0.1, 0.15) is 36.6 Å². The predicted molar refractivity (Wildman–Crippen MR) is 100 cm³/mol. The number of nitrogens with zero attached hydrogens (tertiary/aromatic N) is 2. The molecule has 126 valence electrons. The average Bonchev–Trinajstić information content (AvgIpc) is 2.92. The van der Waals surface area contributed by atoms with Gasteiger partial charge in [-0.25, -0.2) is 4.98 Å². The fourth-order valence-corrected chi connectivity index (χ4v) is 2.65. The fourth-order valence-electron chi connectivity index (χ4n) is 2.65. The van der Waals surface area contributed by atoms with Crippen LogP contribution >= 0.6 is 0 Å². The van der Waals surface area contributed by atoms with Crippen molar-refractivity contribution in [3.8, 4) is 23.0 Å². The maximum absolute atomic E-state index is 5.32. The van der Waals surface area contributed by atoms with Gasteiger partial charge in [-0.1, -0.05) is 29.3 Å². The van der Waals surface area contributed by atoms with Crippen LogP contribution in [0.2, 0.25) is 0 Å². The van der Waals surface area contributed by atoms with Crippen molar-refractivity contribution in [2.75, 3.05) is 5.32 Å². The van der Waals surface area contributed by atoms with E-state index in [2.05, 4.69) is 36.2 Å². The number of aryl methyl sites for hydroxylation is 2. The van der Waals surface area contributed by atoms with Crippen LogP contribution in [-0.4, -0.2) is 16.2 Å². The molecule has 0 amide bonds. The first kappa shape index (κ1) is 16.8. The number of anilines is 1. The number of aromatic nitrogens is 2. The van der Waals surface area contributed by atoms with Crippen molar-refractivity contribution in [1.82, 2.24) is 10.1 Å². The van der Waals surface area contributed by atoms with E-state index in [1.165, 1.54) is 0 Å². The van der Waals surface area contributed by atoms with Crippen molar-refractivity contribution in [3.05, 3.63) is 65.2 Å². The van der Waals surface area contributed by atoms with Gasteiger partial charge in [-0.15, -0.1) is 0 Å². The van der Waals surface area contributed by atoms with E-state index in [-0.39, 0.29) is 0 Å². The summed E-state index contributed by atoms with van der Waals surface area (Å²) in [6, 6.07) is 14.2. The minimum atomic E-state index is 0.298. The summed E-state index contributed by atoms with van der Waals surface area (Å²) in [7, 11) is 0. The Bertz CT molecular complexity index is 911. The van der Waals surface area contributed by atoms with Gasteiger partial charge in [0, 0.05) is 17.2 Å². The molecule has 1 N–H and O–H groups in total. The molecular formula is C21H21N3O. The highest BCUT2D eigenvalue weighted by molar-refractivity contribution is 5.74. The van der Waals surface area contributed by atoms with Crippen molar-refractivity contribution >= 4 is 5.82 Å². The Morgan fingerprint density at radius 1 is 1.00 bits per heavy atom. The van der Waals surface area contributed by atoms with E-state index in [0.29, 0.717) is 11.7 Å². The highest BCUT2D eigenvalue weighted by atomic mass is 16.5. The van der Waals surface area contributed by atoms with Crippen molar-refractivity contribution < 1.29 is 4.52 Å². The van der Waals surface area contributed by atoms with Crippen LogP contribution in [0, 0.1) is 25.7 Å².